The zero-order valence-electron chi connectivity index (χ0n) is 10.7. The van der Waals surface area contributed by atoms with Crippen LogP contribution >= 0.6 is 0 Å². The van der Waals surface area contributed by atoms with E-state index < -0.39 is 18.0 Å². The van der Waals surface area contributed by atoms with Crippen LogP contribution in [0, 0.1) is 0 Å². The van der Waals surface area contributed by atoms with Gasteiger partial charge in [0.1, 0.15) is 0 Å². The SMILES string of the molecule is CC(OC(=O)c1ccn(-c2cccc(N)c2)n1)C(=O)O. The minimum atomic E-state index is -1.22. The van der Waals surface area contributed by atoms with E-state index in [0.717, 1.165) is 0 Å². The van der Waals surface area contributed by atoms with E-state index >= 15 is 0 Å². The van der Waals surface area contributed by atoms with Crippen molar-refractivity contribution in [3.63, 3.8) is 0 Å². The van der Waals surface area contributed by atoms with E-state index in [1.807, 2.05) is 0 Å². The summed E-state index contributed by atoms with van der Waals surface area (Å²) in [5.74, 6) is -2.00. The molecule has 3 N–H and O–H groups in total. The first-order chi connectivity index (χ1) is 9.47. The second-order valence-corrected chi connectivity index (χ2v) is 4.13. The second-order valence-electron chi connectivity index (χ2n) is 4.13. The fourth-order valence-corrected chi connectivity index (χ4v) is 1.52. The molecule has 0 fully saturated rings. The van der Waals surface area contributed by atoms with Gasteiger partial charge in [-0.25, -0.2) is 14.3 Å². The Balaban J connectivity index is 2.17. The van der Waals surface area contributed by atoms with Gasteiger partial charge >= 0.3 is 11.9 Å². The maximum atomic E-state index is 11.7. The van der Waals surface area contributed by atoms with E-state index in [-0.39, 0.29) is 5.69 Å². The highest BCUT2D eigenvalue weighted by atomic mass is 16.6. The lowest BCUT2D eigenvalue weighted by Crippen LogP contribution is -2.23. The van der Waals surface area contributed by atoms with Crippen molar-refractivity contribution in [3.8, 4) is 5.69 Å². The molecule has 2 aromatic rings. The normalized spacial score (nSPS) is 11.8. The Morgan fingerprint density at radius 1 is 1.40 bits per heavy atom. The molecule has 0 saturated heterocycles. The number of ether oxygens (including phenoxy) is 1. The minimum Gasteiger partial charge on any atom is -0.479 e. The van der Waals surface area contributed by atoms with E-state index in [0.29, 0.717) is 11.4 Å². The lowest BCUT2D eigenvalue weighted by atomic mass is 10.3. The van der Waals surface area contributed by atoms with Gasteiger partial charge in [-0.05, 0) is 31.2 Å². The third kappa shape index (κ3) is 2.94. The smallest absolute Gasteiger partial charge is 0.359 e. The highest BCUT2D eigenvalue weighted by Gasteiger charge is 2.19. The van der Waals surface area contributed by atoms with Crippen LogP contribution in [-0.4, -0.2) is 32.9 Å². The maximum absolute atomic E-state index is 11.7. The molecule has 1 atom stereocenters. The number of carbonyl (C=O) groups is 2. The van der Waals surface area contributed by atoms with Crippen LogP contribution in [0.3, 0.4) is 0 Å². The van der Waals surface area contributed by atoms with Crippen molar-refractivity contribution in [3.05, 3.63) is 42.2 Å². The fraction of sp³-hybridized carbons (Fsp3) is 0.154. The first-order valence-electron chi connectivity index (χ1n) is 5.83. The predicted octanol–water partition coefficient (Wildman–Crippen LogP) is 1.08. The average Bonchev–Trinajstić information content (AvgIpc) is 2.88. The molecule has 0 spiro atoms. The first-order valence-corrected chi connectivity index (χ1v) is 5.83. The molecule has 104 valence electrons. The standard InChI is InChI=1S/C13H13N3O4/c1-8(12(17)18)20-13(19)11-5-6-16(15-11)10-4-2-3-9(14)7-10/h2-8H,14H2,1H3,(H,17,18). The van der Waals surface area contributed by atoms with Crippen LogP contribution in [0.1, 0.15) is 17.4 Å². The molecular formula is C13H13N3O4. The van der Waals surface area contributed by atoms with Crippen molar-refractivity contribution in [1.82, 2.24) is 9.78 Å². The zero-order valence-corrected chi connectivity index (χ0v) is 10.7. The number of hydrogen-bond donors (Lipinski definition) is 2. The first kappa shape index (κ1) is 13.6. The van der Waals surface area contributed by atoms with Crippen LogP contribution in [-0.2, 0) is 9.53 Å². The number of nitrogens with two attached hydrogens (primary N) is 1. The van der Waals surface area contributed by atoms with Crippen LogP contribution < -0.4 is 5.73 Å². The van der Waals surface area contributed by atoms with Crippen LogP contribution in [0.5, 0.6) is 0 Å². The van der Waals surface area contributed by atoms with Gasteiger partial charge in [-0.3, -0.25) is 0 Å². The number of esters is 1. The number of carboxylic acids is 1. The molecule has 0 aliphatic rings. The average molecular weight is 275 g/mol. The Bertz CT molecular complexity index is 651. The van der Waals surface area contributed by atoms with Crippen LogP contribution in [0.25, 0.3) is 5.69 Å². The Hall–Kier alpha value is -2.83. The third-order valence-corrected chi connectivity index (χ3v) is 2.56. The molecule has 0 radical (unpaired) electrons. The molecule has 20 heavy (non-hydrogen) atoms. The number of carboxylic acid groups (broad SMARTS) is 1. The molecule has 2 rings (SSSR count). The molecule has 1 aromatic heterocycles. The van der Waals surface area contributed by atoms with Gasteiger partial charge < -0.3 is 15.6 Å². The zero-order chi connectivity index (χ0) is 14.7. The number of aliphatic carboxylic acids is 1. The number of anilines is 1. The van der Waals surface area contributed by atoms with E-state index in [1.165, 1.54) is 17.7 Å². The summed E-state index contributed by atoms with van der Waals surface area (Å²) in [6, 6.07) is 8.41. The summed E-state index contributed by atoms with van der Waals surface area (Å²) in [6.07, 6.45) is 0.344. The van der Waals surface area contributed by atoms with Gasteiger partial charge in [-0.15, -0.1) is 0 Å². The summed E-state index contributed by atoms with van der Waals surface area (Å²) in [6.45, 7) is 1.27. The second kappa shape index (κ2) is 5.43. The Morgan fingerprint density at radius 2 is 2.15 bits per heavy atom. The summed E-state index contributed by atoms with van der Waals surface area (Å²) in [7, 11) is 0. The Labute approximate surface area is 114 Å². The van der Waals surface area contributed by atoms with Gasteiger partial charge in [0.05, 0.1) is 5.69 Å². The van der Waals surface area contributed by atoms with Gasteiger partial charge in [0.15, 0.2) is 11.8 Å². The highest BCUT2D eigenvalue weighted by molar-refractivity contribution is 5.89. The number of hydrogen-bond acceptors (Lipinski definition) is 5. The van der Waals surface area contributed by atoms with Gasteiger partial charge in [0.2, 0.25) is 0 Å². The van der Waals surface area contributed by atoms with Crippen molar-refractivity contribution in [1.29, 1.82) is 0 Å². The van der Waals surface area contributed by atoms with Gasteiger partial charge in [-0.2, -0.15) is 5.10 Å². The summed E-state index contributed by atoms with van der Waals surface area (Å²) < 4.78 is 6.19. The molecule has 1 aromatic carbocycles. The van der Waals surface area contributed by atoms with Crippen LogP contribution in [0.4, 0.5) is 5.69 Å². The minimum absolute atomic E-state index is 0.0283. The molecule has 1 unspecified atom stereocenters. The molecule has 0 aliphatic heterocycles. The van der Waals surface area contributed by atoms with E-state index in [2.05, 4.69) is 5.10 Å². The van der Waals surface area contributed by atoms with Crippen molar-refractivity contribution in [2.24, 2.45) is 0 Å². The summed E-state index contributed by atoms with van der Waals surface area (Å²) >= 11 is 0. The van der Waals surface area contributed by atoms with E-state index in [1.54, 1.807) is 30.5 Å². The topological polar surface area (TPSA) is 107 Å². The number of carbonyl (C=O) groups excluding carboxylic acids is 1. The van der Waals surface area contributed by atoms with Gasteiger partial charge in [-0.1, -0.05) is 6.07 Å². The monoisotopic (exact) mass is 275 g/mol. The van der Waals surface area contributed by atoms with Crippen LogP contribution in [0.15, 0.2) is 36.5 Å². The van der Waals surface area contributed by atoms with Gasteiger partial charge in [0, 0.05) is 11.9 Å². The molecule has 0 aliphatic carbocycles. The van der Waals surface area contributed by atoms with Crippen LogP contribution in [0.2, 0.25) is 0 Å². The van der Waals surface area contributed by atoms with Crippen molar-refractivity contribution in [2.75, 3.05) is 5.73 Å². The van der Waals surface area contributed by atoms with E-state index in [9.17, 15) is 9.59 Å². The number of benzene rings is 1. The molecule has 0 bridgehead atoms. The van der Waals surface area contributed by atoms with Crippen molar-refractivity contribution < 1.29 is 19.4 Å². The summed E-state index contributed by atoms with van der Waals surface area (Å²) in [5, 5.41) is 12.7. The quantitative estimate of drug-likeness (QED) is 0.638. The summed E-state index contributed by atoms with van der Waals surface area (Å²) in [4.78, 5) is 22.3. The molecule has 7 heteroatoms. The fourth-order valence-electron chi connectivity index (χ4n) is 1.52. The number of aromatic nitrogens is 2. The Morgan fingerprint density at radius 3 is 2.80 bits per heavy atom. The molecule has 1 heterocycles. The Kier molecular flexibility index (Phi) is 3.69. The molecule has 0 amide bonds. The van der Waals surface area contributed by atoms with E-state index in [4.69, 9.17) is 15.6 Å². The number of nitrogens with zero attached hydrogens (tertiary/aromatic N) is 2. The summed E-state index contributed by atoms with van der Waals surface area (Å²) in [5.41, 5.74) is 6.95. The van der Waals surface area contributed by atoms with Crippen molar-refractivity contribution >= 4 is 17.6 Å². The largest absolute Gasteiger partial charge is 0.479 e. The number of nitrogen functional groups attached to an aromatic ring is 1. The van der Waals surface area contributed by atoms with Crippen molar-refractivity contribution in [2.45, 2.75) is 13.0 Å². The predicted molar refractivity (Wildman–Crippen MR) is 70.5 cm³/mol. The maximum Gasteiger partial charge on any atom is 0.359 e. The highest BCUT2D eigenvalue weighted by Crippen LogP contribution is 2.12. The third-order valence-electron chi connectivity index (χ3n) is 2.56. The molecule has 0 saturated carbocycles. The van der Waals surface area contributed by atoms with Gasteiger partial charge in [0.25, 0.3) is 0 Å². The lowest BCUT2D eigenvalue weighted by Gasteiger charge is -2.06. The lowest BCUT2D eigenvalue weighted by molar-refractivity contribution is -0.146. The molecular weight excluding hydrogens is 262 g/mol. The number of rotatable bonds is 4. The molecule has 7 nitrogen and oxygen atoms in total.